The van der Waals surface area contributed by atoms with Crippen molar-refractivity contribution in [1.29, 1.82) is 0 Å². The number of carbonyl (C=O) groups excluding carboxylic acids is 1. The second-order valence-electron chi connectivity index (χ2n) is 8.13. The molecule has 160 valence electrons. The summed E-state index contributed by atoms with van der Waals surface area (Å²) in [7, 11) is -4.53. The molecule has 0 bridgehead atoms. The zero-order valence-electron chi connectivity index (χ0n) is 16.8. The lowest BCUT2D eigenvalue weighted by atomic mass is 9.95. The smallest absolute Gasteiger partial charge is 0.318 e. The van der Waals surface area contributed by atoms with E-state index in [1.54, 1.807) is 0 Å². The van der Waals surface area contributed by atoms with Crippen LogP contribution >= 0.6 is 0 Å². The molecule has 30 heavy (non-hydrogen) atoms. The van der Waals surface area contributed by atoms with Gasteiger partial charge in [-0.2, -0.15) is 0 Å². The molecule has 0 spiro atoms. The van der Waals surface area contributed by atoms with E-state index in [9.17, 15) is 17.8 Å². The Hall–Kier alpha value is -2.22. The first kappa shape index (κ1) is 21.0. The molecule has 0 aromatic heterocycles. The number of fused-ring (bicyclic) bond motifs is 3. The highest BCUT2D eigenvalue weighted by molar-refractivity contribution is 7.85. The highest BCUT2D eigenvalue weighted by atomic mass is 32.2. The zero-order chi connectivity index (χ0) is 21.1. The maximum absolute atomic E-state index is 13.2. The number of carbonyl (C=O) groups is 1. The average molecular weight is 429 g/mol. The van der Waals surface area contributed by atoms with E-state index in [2.05, 4.69) is 5.32 Å². The Morgan fingerprint density at radius 2 is 1.57 bits per heavy atom. The number of benzene rings is 2. The minimum atomic E-state index is -4.53. The Bertz CT molecular complexity index is 968. The van der Waals surface area contributed by atoms with Crippen molar-refractivity contribution in [3.05, 3.63) is 59.7 Å². The third-order valence-electron chi connectivity index (χ3n) is 5.98. The Morgan fingerprint density at radius 1 is 1.00 bits per heavy atom. The number of hydrogen-bond donors (Lipinski definition) is 1. The van der Waals surface area contributed by atoms with Gasteiger partial charge in [0.1, 0.15) is 12.0 Å². The van der Waals surface area contributed by atoms with Gasteiger partial charge in [-0.3, -0.25) is 4.79 Å². The summed E-state index contributed by atoms with van der Waals surface area (Å²) in [6.07, 6.45) is 4.45. The van der Waals surface area contributed by atoms with Crippen LogP contribution in [0.2, 0.25) is 0 Å². The van der Waals surface area contributed by atoms with Gasteiger partial charge in [0.15, 0.2) is 0 Å². The van der Waals surface area contributed by atoms with Crippen molar-refractivity contribution < 1.29 is 22.5 Å². The van der Waals surface area contributed by atoms with Crippen molar-refractivity contribution >= 4 is 16.1 Å². The lowest BCUT2D eigenvalue weighted by Crippen LogP contribution is -2.42. The SMILES string of the molecule is O=C(OC(CNC1CCCCC1)CS(=O)(=O)[O-])C1c2ccccc2-c2ccccc21. The van der Waals surface area contributed by atoms with Gasteiger partial charge in [-0.05, 0) is 35.1 Å². The molecule has 0 heterocycles. The second-order valence-corrected chi connectivity index (χ2v) is 9.58. The summed E-state index contributed by atoms with van der Waals surface area (Å²) in [6.45, 7) is 0.161. The summed E-state index contributed by atoms with van der Waals surface area (Å²) in [5.74, 6) is -1.87. The molecule has 2 aromatic carbocycles. The van der Waals surface area contributed by atoms with Crippen molar-refractivity contribution in [2.75, 3.05) is 12.3 Å². The predicted octanol–water partition coefficient (Wildman–Crippen LogP) is 3.18. The fraction of sp³-hybridized carbons (Fsp3) is 0.435. The van der Waals surface area contributed by atoms with Gasteiger partial charge in [-0.1, -0.05) is 67.8 Å². The molecule has 0 radical (unpaired) electrons. The van der Waals surface area contributed by atoms with Gasteiger partial charge in [-0.15, -0.1) is 0 Å². The third-order valence-corrected chi connectivity index (χ3v) is 6.76. The van der Waals surface area contributed by atoms with Crippen LogP contribution in [0.1, 0.15) is 49.1 Å². The molecular weight excluding hydrogens is 402 g/mol. The summed E-state index contributed by atoms with van der Waals surface area (Å²) >= 11 is 0. The Kier molecular flexibility index (Phi) is 6.22. The monoisotopic (exact) mass is 428 g/mol. The van der Waals surface area contributed by atoms with Crippen molar-refractivity contribution in [3.8, 4) is 11.1 Å². The Morgan fingerprint density at radius 3 is 2.13 bits per heavy atom. The van der Waals surface area contributed by atoms with Gasteiger partial charge < -0.3 is 14.6 Å². The van der Waals surface area contributed by atoms with Crippen LogP contribution in [-0.2, 0) is 19.6 Å². The minimum Gasteiger partial charge on any atom is -0.748 e. The molecule has 2 aliphatic carbocycles. The second kappa shape index (κ2) is 8.88. The van der Waals surface area contributed by atoms with E-state index in [0.717, 1.165) is 47.9 Å². The molecule has 0 aliphatic heterocycles. The van der Waals surface area contributed by atoms with Crippen molar-refractivity contribution in [2.45, 2.75) is 50.2 Å². The number of esters is 1. The van der Waals surface area contributed by atoms with Crippen molar-refractivity contribution in [3.63, 3.8) is 0 Å². The van der Waals surface area contributed by atoms with Crippen LogP contribution < -0.4 is 5.32 Å². The van der Waals surface area contributed by atoms with Crippen LogP contribution in [-0.4, -0.2) is 43.4 Å². The van der Waals surface area contributed by atoms with Crippen molar-refractivity contribution in [2.24, 2.45) is 0 Å². The lowest BCUT2D eigenvalue weighted by molar-refractivity contribution is -0.148. The molecule has 1 unspecified atom stereocenters. The van der Waals surface area contributed by atoms with Gasteiger partial charge >= 0.3 is 5.97 Å². The van der Waals surface area contributed by atoms with E-state index in [1.165, 1.54) is 6.42 Å². The predicted molar refractivity (Wildman–Crippen MR) is 113 cm³/mol. The number of ether oxygens (including phenoxy) is 1. The fourth-order valence-corrected chi connectivity index (χ4v) is 5.25. The molecule has 1 N–H and O–H groups in total. The molecule has 1 atom stereocenters. The maximum Gasteiger partial charge on any atom is 0.318 e. The Labute approximate surface area is 177 Å². The first-order chi connectivity index (χ1) is 14.4. The van der Waals surface area contributed by atoms with Crippen molar-refractivity contribution in [1.82, 2.24) is 5.32 Å². The lowest BCUT2D eigenvalue weighted by Gasteiger charge is -2.27. The summed E-state index contributed by atoms with van der Waals surface area (Å²) in [5.41, 5.74) is 3.63. The average Bonchev–Trinajstić information content (AvgIpc) is 3.06. The van der Waals surface area contributed by atoms with Crippen LogP contribution in [0.3, 0.4) is 0 Å². The van der Waals surface area contributed by atoms with E-state index in [4.69, 9.17) is 4.74 Å². The molecule has 0 saturated heterocycles. The van der Waals surface area contributed by atoms with E-state index in [1.807, 2.05) is 48.5 Å². The number of hydrogen-bond acceptors (Lipinski definition) is 6. The summed E-state index contributed by atoms with van der Waals surface area (Å²) < 4.78 is 39.9. The topological polar surface area (TPSA) is 95.5 Å². The molecule has 7 heteroatoms. The highest BCUT2D eigenvalue weighted by Gasteiger charge is 2.36. The summed E-state index contributed by atoms with van der Waals surface area (Å²) in [4.78, 5) is 13.2. The van der Waals surface area contributed by atoms with E-state index in [-0.39, 0.29) is 12.6 Å². The first-order valence-electron chi connectivity index (χ1n) is 10.5. The fourth-order valence-electron chi connectivity index (χ4n) is 4.61. The minimum absolute atomic E-state index is 0.161. The normalized spacial score (nSPS) is 17.9. The highest BCUT2D eigenvalue weighted by Crippen LogP contribution is 2.45. The van der Waals surface area contributed by atoms with Gasteiger partial charge in [-0.25, -0.2) is 8.42 Å². The molecule has 0 amide bonds. The van der Waals surface area contributed by atoms with Gasteiger partial charge in [0.2, 0.25) is 0 Å². The van der Waals surface area contributed by atoms with Crippen LogP contribution in [0.15, 0.2) is 48.5 Å². The van der Waals surface area contributed by atoms with E-state index < -0.39 is 33.9 Å². The van der Waals surface area contributed by atoms with E-state index >= 15 is 0 Å². The summed E-state index contributed by atoms with van der Waals surface area (Å²) in [6, 6.07) is 15.6. The molecule has 1 saturated carbocycles. The molecule has 1 fully saturated rings. The van der Waals surface area contributed by atoms with Gasteiger partial charge in [0.25, 0.3) is 0 Å². The standard InChI is InChI=1S/C23H27NO5S/c25-23(22-20-12-6-4-10-18(20)19-11-5-7-13-21(19)22)29-17(15-30(26,27)28)14-24-16-8-2-1-3-9-16/h4-7,10-13,16-17,22,24H,1-3,8-9,14-15H2,(H,26,27,28)/p-1. The Balaban J connectivity index is 1.53. The number of rotatable bonds is 7. The first-order valence-corrected chi connectivity index (χ1v) is 12.1. The maximum atomic E-state index is 13.2. The van der Waals surface area contributed by atoms with Crippen LogP contribution in [0.25, 0.3) is 11.1 Å². The largest absolute Gasteiger partial charge is 0.748 e. The molecule has 2 aliphatic rings. The van der Waals surface area contributed by atoms with E-state index in [0.29, 0.717) is 0 Å². The molecule has 2 aromatic rings. The van der Waals surface area contributed by atoms with Crippen LogP contribution in [0, 0.1) is 0 Å². The molecule has 4 rings (SSSR count). The van der Waals surface area contributed by atoms with Gasteiger partial charge in [0, 0.05) is 12.6 Å². The van der Waals surface area contributed by atoms with Crippen LogP contribution in [0.4, 0.5) is 0 Å². The summed E-state index contributed by atoms with van der Waals surface area (Å²) in [5, 5.41) is 3.30. The molecule has 6 nitrogen and oxygen atoms in total. The zero-order valence-corrected chi connectivity index (χ0v) is 17.6. The number of nitrogens with one attached hydrogen (secondary N) is 1. The quantitative estimate of drug-likeness (QED) is 0.538. The van der Waals surface area contributed by atoms with Crippen LogP contribution in [0.5, 0.6) is 0 Å². The third kappa shape index (κ3) is 4.74. The molecular formula is C23H26NO5S-. The van der Waals surface area contributed by atoms with Gasteiger partial charge in [0.05, 0.1) is 15.9 Å².